The molecule has 1 saturated heterocycles. The molecular formula is C18H22N4O3S2. The Balaban J connectivity index is 1.37. The van der Waals surface area contributed by atoms with E-state index in [1.807, 2.05) is 4.90 Å². The zero-order valence-electron chi connectivity index (χ0n) is 15.3. The van der Waals surface area contributed by atoms with E-state index in [4.69, 9.17) is 4.74 Å². The number of nitrogens with zero attached hydrogens (tertiary/aromatic N) is 4. The lowest BCUT2D eigenvalue weighted by molar-refractivity contribution is -0.129. The highest BCUT2D eigenvalue weighted by molar-refractivity contribution is 8.00. The maximum Gasteiger partial charge on any atom is 0.409 e. The maximum absolute atomic E-state index is 12.6. The van der Waals surface area contributed by atoms with Crippen molar-refractivity contribution in [3.63, 3.8) is 0 Å². The van der Waals surface area contributed by atoms with Crippen LogP contribution in [-0.2, 0) is 22.4 Å². The van der Waals surface area contributed by atoms with Gasteiger partial charge < -0.3 is 14.5 Å². The second kappa shape index (κ2) is 8.02. The van der Waals surface area contributed by atoms with Crippen LogP contribution in [-0.4, -0.2) is 70.3 Å². The van der Waals surface area contributed by atoms with Gasteiger partial charge in [0.05, 0.1) is 12.4 Å². The molecule has 0 saturated carbocycles. The summed E-state index contributed by atoms with van der Waals surface area (Å²) in [5, 5.41) is 2.07. The summed E-state index contributed by atoms with van der Waals surface area (Å²) < 4.78 is 5.02. The summed E-state index contributed by atoms with van der Waals surface area (Å²) in [4.78, 5) is 39.2. The predicted molar refractivity (Wildman–Crippen MR) is 105 cm³/mol. The summed E-state index contributed by atoms with van der Waals surface area (Å²) in [5.74, 6) is 0.443. The van der Waals surface area contributed by atoms with E-state index < -0.39 is 0 Å². The lowest BCUT2D eigenvalue weighted by Crippen LogP contribution is -2.51. The molecule has 1 aliphatic heterocycles. The topological polar surface area (TPSA) is 75.6 Å². The Labute approximate surface area is 166 Å². The smallest absolute Gasteiger partial charge is 0.409 e. The molecule has 7 nitrogen and oxygen atoms in total. The quantitative estimate of drug-likeness (QED) is 0.574. The molecule has 1 aliphatic carbocycles. The van der Waals surface area contributed by atoms with Gasteiger partial charge in [0, 0.05) is 36.4 Å². The molecule has 144 valence electrons. The second-order valence-electron chi connectivity index (χ2n) is 6.57. The molecule has 4 rings (SSSR count). The van der Waals surface area contributed by atoms with Crippen LogP contribution in [0, 0.1) is 0 Å². The third-order valence-corrected chi connectivity index (χ3v) is 7.13. The van der Waals surface area contributed by atoms with E-state index in [0.29, 0.717) is 38.5 Å². The summed E-state index contributed by atoms with van der Waals surface area (Å²) in [5.41, 5.74) is 1.38. The summed E-state index contributed by atoms with van der Waals surface area (Å²) >= 11 is 3.26. The number of carbonyl (C=O) groups is 2. The van der Waals surface area contributed by atoms with E-state index in [1.54, 1.807) is 29.5 Å². The molecule has 0 atom stereocenters. The predicted octanol–water partition coefficient (Wildman–Crippen LogP) is 2.57. The fourth-order valence-corrected chi connectivity index (χ4v) is 5.81. The van der Waals surface area contributed by atoms with Crippen molar-refractivity contribution in [1.82, 2.24) is 19.8 Å². The lowest BCUT2D eigenvalue weighted by Gasteiger charge is -2.34. The number of carbonyl (C=O) groups excluding carboxylic acids is 2. The number of aryl methyl sites for hydroxylation is 2. The minimum atomic E-state index is -0.298. The zero-order chi connectivity index (χ0) is 18.8. The van der Waals surface area contributed by atoms with Crippen molar-refractivity contribution >= 4 is 45.3 Å². The first-order valence-electron chi connectivity index (χ1n) is 9.25. The molecule has 0 radical (unpaired) electrons. The van der Waals surface area contributed by atoms with Crippen molar-refractivity contribution in [3.8, 4) is 0 Å². The minimum absolute atomic E-state index is 0.0853. The number of hydrogen-bond acceptors (Lipinski definition) is 7. The number of thiophene rings is 1. The van der Waals surface area contributed by atoms with Gasteiger partial charge in [-0.15, -0.1) is 11.3 Å². The summed E-state index contributed by atoms with van der Waals surface area (Å²) in [6.07, 6.45) is 4.71. The zero-order valence-corrected chi connectivity index (χ0v) is 16.9. The number of ether oxygens (including phenoxy) is 1. The SMILES string of the molecule is CCOC(=O)N1CCN(C(=O)CSc2ncnc3sc4c(c23)CCC4)CC1. The molecule has 2 amide bonds. The Kier molecular flexibility index (Phi) is 5.49. The van der Waals surface area contributed by atoms with Crippen molar-refractivity contribution in [2.75, 3.05) is 38.5 Å². The van der Waals surface area contributed by atoms with E-state index in [1.165, 1.54) is 28.6 Å². The summed E-state index contributed by atoms with van der Waals surface area (Å²) in [6, 6.07) is 0. The summed E-state index contributed by atoms with van der Waals surface area (Å²) in [7, 11) is 0. The van der Waals surface area contributed by atoms with Crippen molar-refractivity contribution in [1.29, 1.82) is 0 Å². The van der Waals surface area contributed by atoms with E-state index in [9.17, 15) is 9.59 Å². The molecule has 2 aromatic rings. The molecule has 0 bridgehead atoms. The van der Waals surface area contributed by atoms with Gasteiger partial charge in [-0.05, 0) is 31.7 Å². The monoisotopic (exact) mass is 406 g/mol. The van der Waals surface area contributed by atoms with Crippen LogP contribution in [0.5, 0.6) is 0 Å². The molecular weight excluding hydrogens is 384 g/mol. The molecule has 2 aromatic heterocycles. The molecule has 9 heteroatoms. The van der Waals surface area contributed by atoms with Gasteiger partial charge in [-0.1, -0.05) is 11.8 Å². The molecule has 2 aliphatic rings. The van der Waals surface area contributed by atoms with Gasteiger partial charge in [0.2, 0.25) is 5.91 Å². The standard InChI is InChI=1S/C18H22N4O3S2/c1-2-25-18(24)22-8-6-21(7-9-22)14(23)10-26-16-15-12-4-3-5-13(12)27-17(15)20-11-19-16/h11H,2-10H2,1H3. The fraction of sp³-hybridized carbons (Fsp3) is 0.556. The number of piperazine rings is 1. The first-order chi connectivity index (χ1) is 13.2. The normalized spacial score (nSPS) is 16.6. The fourth-order valence-electron chi connectivity index (χ4n) is 3.58. The van der Waals surface area contributed by atoms with Crippen molar-refractivity contribution in [2.24, 2.45) is 0 Å². The third-order valence-electron chi connectivity index (χ3n) is 4.96. The largest absolute Gasteiger partial charge is 0.450 e. The lowest BCUT2D eigenvalue weighted by atomic mass is 10.2. The van der Waals surface area contributed by atoms with Gasteiger partial charge in [-0.25, -0.2) is 14.8 Å². The Bertz CT molecular complexity index is 862. The van der Waals surface area contributed by atoms with E-state index >= 15 is 0 Å². The molecule has 0 spiro atoms. The molecule has 3 heterocycles. The Morgan fingerprint density at radius 3 is 2.74 bits per heavy atom. The number of fused-ring (bicyclic) bond motifs is 3. The number of amides is 2. The number of thioether (sulfide) groups is 1. The first-order valence-corrected chi connectivity index (χ1v) is 11.0. The van der Waals surface area contributed by atoms with E-state index in [2.05, 4.69) is 9.97 Å². The highest BCUT2D eigenvalue weighted by Crippen LogP contribution is 2.40. The van der Waals surface area contributed by atoms with Crippen LogP contribution < -0.4 is 0 Å². The average Bonchev–Trinajstić information content (AvgIpc) is 3.27. The van der Waals surface area contributed by atoms with Crippen LogP contribution in [0.1, 0.15) is 23.8 Å². The number of rotatable bonds is 4. The van der Waals surface area contributed by atoms with Crippen molar-refractivity contribution in [3.05, 3.63) is 16.8 Å². The van der Waals surface area contributed by atoms with Gasteiger partial charge in [-0.3, -0.25) is 4.79 Å². The van der Waals surface area contributed by atoms with Gasteiger partial charge in [0.25, 0.3) is 0 Å². The molecule has 1 fully saturated rings. The van der Waals surface area contributed by atoms with Crippen LogP contribution in [0.15, 0.2) is 11.4 Å². The Morgan fingerprint density at radius 1 is 1.19 bits per heavy atom. The summed E-state index contributed by atoms with van der Waals surface area (Å²) in [6.45, 7) is 4.29. The molecule has 27 heavy (non-hydrogen) atoms. The highest BCUT2D eigenvalue weighted by atomic mass is 32.2. The van der Waals surface area contributed by atoms with E-state index in [0.717, 1.165) is 28.1 Å². The van der Waals surface area contributed by atoms with Crippen LogP contribution in [0.25, 0.3) is 10.2 Å². The second-order valence-corrected chi connectivity index (χ2v) is 8.62. The Morgan fingerprint density at radius 2 is 1.96 bits per heavy atom. The van der Waals surface area contributed by atoms with Crippen LogP contribution >= 0.6 is 23.1 Å². The number of aromatic nitrogens is 2. The molecule has 0 unspecified atom stereocenters. The third kappa shape index (κ3) is 3.75. The average molecular weight is 407 g/mol. The highest BCUT2D eigenvalue weighted by Gasteiger charge is 2.26. The van der Waals surface area contributed by atoms with Crippen molar-refractivity contribution in [2.45, 2.75) is 31.2 Å². The van der Waals surface area contributed by atoms with Crippen molar-refractivity contribution < 1.29 is 14.3 Å². The maximum atomic E-state index is 12.6. The first kappa shape index (κ1) is 18.5. The van der Waals surface area contributed by atoms with Crippen LogP contribution in [0.4, 0.5) is 4.79 Å². The van der Waals surface area contributed by atoms with Gasteiger partial charge >= 0.3 is 6.09 Å². The van der Waals surface area contributed by atoms with E-state index in [-0.39, 0.29) is 12.0 Å². The van der Waals surface area contributed by atoms with Crippen LogP contribution in [0.2, 0.25) is 0 Å². The Hall–Kier alpha value is -1.87. The molecule has 0 N–H and O–H groups in total. The van der Waals surface area contributed by atoms with Crippen LogP contribution in [0.3, 0.4) is 0 Å². The minimum Gasteiger partial charge on any atom is -0.450 e. The van der Waals surface area contributed by atoms with Gasteiger partial charge in [0.1, 0.15) is 16.2 Å². The van der Waals surface area contributed by atoms with Gasteiger partial charge in [0.15, 0.2) is 0 Å². The molecule has 0 aromatic carbocycles. The van der Waals surface area contributed by atoms with Gasteiger partial charge in [-0.2, -0.15) is 0 Å². The number of hydrogen-bond donors (Lipinski definition) is 0.